The standard InChI is InChI=1S/C15H19Cl2NO3/c1-14(2,3)21-13(20)18(5)15(4,9-19)10-6-7-11(16)12(17)8-10/h6-9H,1-5H3/t15-/m0/s1. The summed E-state index contributed by atoms with van der Waals surface area (Å²) in [6, 6.07) is 4.81. The summed E-state index contributed by atoms with van der Waals surface area (Å²) in [6.45, 7) is 6.89. The minimum Gasteiger partial charge on any atom is -0.444 e. The van der Waals surface area contributed by atoms with Crippen LogP contribution in [0.2, 0.25) is 10.0 Å². The topological polar surface area (TPSA) is 46.6 Å². The molecule has 116 valence electrons. The van der Waals surface area contributed by atoms with E-state index in [1.807, 2.05) is 0 Å². The molecule has 1 rings (SSSR count). The lowest BCUT2D eigenvalue weighted by molar-refractivity contribution is -0.117. The number of benzene rings is 1. The van der Waals surface area contributed by atoms with Crippen LogP contribution in [-0.2, 0) is 15.1 Å². The van der Waals surface area contributed by atoms with E-state index in [9.17, 15) is 9.59 Å². The number of ether oxygens (including phenoxy) is 1. The van der Waals surface area contributed by atoms with E-state index in [-0.39, 0.29) is 0 Å². The fraction of sp³-hybridized carbons (Fsp3) is 0.467. The second kappa shape index (κ2) is 6.24. The zero-order valence-electron chi connectivity index (χ0n) is 12.7. The number of rotatable bonds is 3. The average Bonchev–Trinajstić information content (AvgIpc) is 2.38. The highest BCUT2D eigenvalue weighted by molar-refractivity contribution is 6.42. The molecule has 4 nitrogen and oxygen atoms in total. The van der Waals surface area contributed by atoms with Gasteiger partial charge in [-0.2, -0.15) is 0 Å². The molecule has 0 unspecified atom stereocenters. The summed E-state index contributed by atoms with van der Waals surface area (Å²) in [5.74, 6) is 0. The van der Waals surface area contributed by atoms with Gasteiger partial charge in [0.2, 0.25) is 0 Å². The Hall–Kier alpha value is -1.26. The van der Waals surface area contributed by atoms with E-state index in [0.717, 1.165) is 0 Å². The Balaban J connectivity index is 3.16. The molecule has 1 atom stereocenters. The number of likely N-dealkylation sites (N-methyl/N-ethyl adjacent to an activating group) is 1. The fourth-order valence-electron chi connectivity index (χ4n) is 1.67. The Morgan fingerprint density at radius 1 is 1.19 bits per heavy atom. The lowest BCUT2D eigenvalue weighted by Crippen LogP contribution is -2.48. The predicted octanol–water partition coefficient (Wildman–Crippen LogP) is 4.27. The highest BCUT2D eigenvalue weighted by Gasteiger charge is 2.37. The first-order chi connectivity index (χ1) is 9.51. The molecule has 0 bridgehead atoms. The van der Waals surface area contributed by atoms with Crippen molar-refractivity contribution in [3.63, 3.8) is 0 Å². The zero-order valence-corrected chi connectivity index (χ0v) is 14.2. The number of hydrogen-bond donors (Lipinski definition) is 0. The molecule has 0 saturated heterocycles. The fourth-order valence-corrected chi connectivity index (χ4v) is 1.97. The van der Waals surface area contributed by atoms with Crippen LogP contribution in [0.4, 0.5) is 4.79 Å². The molecule has 21 heavy (non-hydrogen) atoms. The van der Waals surface area contributed by atoms with Crippen LogP contribution >= 0.6 is 23.2 Å². The molecular weight excluding hydrogens is 313 g/mol. The largest absolute Gasteiger partial charge is 0.444 e. The average molecular weight is 332 g/mol. The van der Waals surface area contributed by atoms with Gasteiger partial charge in [0, 0.05) is 7.05 Å². The highest BCUT2D eigenvalue weighted by Crippen LogP contribution is 2.31. The lowest BCUT2D eigenvalue weighted by atomic mass is 9.92. The van der Waals surface area contributed by atoms with E-state index in [1.54, 1.807) is 45.9 Å². The normalized spacial score (nSPS) is 14.2. The summed E-state index contributed by atoms with van der Waals surface area (Å²) in [5, 5.41) is 0.702. The summed E-state index contributed by atoms with van der Waals surface area (Å²) in [5.41, 5.74) is -1.29. The molecule has 0 N–H and O–H groups in total. The minimum atomic E-state index is -1.20. The maximum atomic E-state index is 12.2. The van der Waals surface area contributed by atoms with Crippen molar-refractivity contribution in [2.45, 2.75) is 38.8 Å². The Morgan fingerprint density at radius 2 is 1.76 bits per heavy atom. The van der Waals surface area contributed by atoms with Crippen molar-refractivity contribution in [1.29, 1.82) is 0 Å². The number of amides is 1. The van der Waals surface area contributed by atoms with Crippen molar-refractivity contribution < 1.29 is 14.3 Å². The van der Waals surface area contributed by atoms with Gasteiger partial charge in [0.15, 0.2) is 0 Å². The molecule has 0 aliphatic carbocycles. The molecule has 0 heterocycles. The van der Waals surface area contributed by atoms with Crippen LogP contribution < -0.4 is 0 Å². The Labute approximate surface area is 135 Å². The highest BCUT2D eigenvalue weighted by atomic mass is 35.5. The molecule has 1 aromatic rings. The summed E-state index contributed by atoms with van der Waals surface area (Å²) in [4.78, 5) is 25.0. The molecule has 0 aliphatic heterocycles. The second-order valence-corrected chi connectivity index (χ2v) is 6.75. The van der Waals surface area contributed by atoms with Crippen molar-refractivity contribution in [2.75, 3.05) is 7.05 Å². The maximum absolute atomic E-state index is 12.2. The summed E-state index contributed by atoms with van der Waals surface area (Å²) in [7, 11) is 1.50. The number of aldehydes is 1. The third-order valence-electron chi connectivity index (χ3n) is 3.10. The smallest absolute Gasteiger partial charge is 0.411 e. The van der Waals surface area contributed by atoms with E-state index in [1.165, 1.54) is 11.9 Å². The van der Waals surface area contributed by atoms with Gasteiger partial charge in [-0.1, -0.05) is 29.3 Å². The quantitative estimate of drug-likeness (QED) is 0.777. The third-order valence-corrected chi connectivity index (χ3v) is 3.84. The first kappa shape index (κ1) is 17.8. The lowest BCUT2D eigenvalue weighted by Gasteiger charge is -2.35. The SMILES string of the molecule is CN(C(=O)OC(C)(C)C)[C@@](C)(C=O)c1ccc(Cl)c(Cl)c1. The van der Waals surface area contributed by atoms with Crippen LogP contribution in [0, 0.1) is 0 Å². The Morgan fingerprint density at radius 3 is 2.19 bits per heavy atom. The predicted molar refractivity (Wildman–Crippen MR) is 83.9 cm³/mol. The molecule has 1 aromatic carbocycles. The van der Waals surface area contributed by atoms with Gasteiger partial charge in [0.1, 0.15) is 17.4 Å². The monoisotopic (exact) mass is 331 g/mol. The summed E-state index contributed by atoms with van der Waals surface area (Å²) in [6.07, 6.45) is 0.0828. The van der Waals surface area contributed by atoms with E-state index in [2.05, 4.69) is 0 Å². The van der Waals surface area contributed by atoms with E-state index in [4.69, 9.17) is 27.9 Å². The maximum Gasteiger partial charge on any atom is 0.411 e. The van der Waals surface area contributed by atoms with Gasteiger partial charge in [-0.15, -0.1) is 0 Å². The van der Waals surface area contributed by atoms with Gasteiger partial charge in [0.25, 0.3) is 0 Å². The molecule has 6 heteroatoms. The number of halogens is 2. The zero-order chi connectivity index (χ0) is 16.4. The molecule has 0 saturated carbocycles. The molecular formula is C15H19Cl2NO3. The van der Waals surface area contributed by atoms with E-state index < -0.39 is 17.2 Å². The minimum absolute atomic E-state index is 0.319. The molecule has 0 aromatic heterocycles. The van der Waals surface area contributed by atoms with Crippen LogP contribution in [-0.4, -0.2) is 29.9 Å². The van der Waals surface area contributed by atoms with Gasteiger partial charge in [-0.05, 0) is 45.4 Å². The molecule has 1 amide bonds. The first-order valence-electron chi connectivity index (χ1n) is 6.40. The Kier molecular flexibility index (Phi) is 5.29. The van der Waals surface area contributed by atoms with Crippen LogP contribution in [0.1, 0.15) is 33.3 Å². The second-order valence-electron chi connectivity index (χ2n) is 5.93. The van der Waals surface area contributed by atoms with Gasteiger partial charge >= 0.3 is 6.09 Å². The van der Waals surface area contributed by atoms with E-state index in [0.29, 0.717) is 21.9 Å². The van der Waals surface area contributed by atoms with Gasteiger partial charge in [0.05, 0.1) is 10.0 Å². The van der Waals surface area contributed by atoms with Crippen LogP contribution in [0.3, 0.4) is 0 Å². The van der Waals surface area contributed by atoms with E-state index >= 15 is 0 Å². The number of carbonyl (C=O) groups is 2. The number of carbonyl (C=O) groups excluding carboxylic acids is 2. The molecule has 0 fully saturated rings. The van der Waals surface area contributed by atoms with Gasteiger partial charge in [-0.3, -0.25) is 4.90 Å². The van der Waals surface area contributed by atoms with Crippen molar-refractivity contribution in [3.8, 4) is 0 Å². The van der Waals surface area contributed by atoms with Crippen molar-refractivity contribution >= 4 is 35.6 Å². The van der Waals surface area contributed by atoms with Crippen molar-refractivity contribution in [2.24, 2.45) is 0 Å². The first-order valence-corrected chi connectivity index (χ1v) is 7.15. The van der Waals surface area contributed by atoms with Gasteiger partial charge in [-0.25, -0.2) is 4.79 Å². The van der Waals surface area contributed by atoms with Crippen LogP contribution in [0.25, 0.3) is 0 Å². The molecule has 0 radical (unpaired) electrons. The summed E-state index contributed by atoms with van der Waals surface area (Å²) >= 11 is 11.9. The molecule has 0 aliphatic rings. The third kappa shape index (κ3) is 4.11. The van der Waals surface area contributed by atoms with Gasteiger partial charge < -0.3 is 9.53 Å². The van der Waals surface area contributed by atoms with Crippen molar-refractivity contribution in [1.82, 2.24) is 4.90 Å². The van der Waals surface area contributed by atoms with Crippen LogP contribution in [0.15, 0.2) is 18.2 Å². The summed E-state index contributed by atoms with van der Waals surface area (Å²) < 4.78 is 5.29. The van der Waals surface area contributed by atoms with Crippen LogP contribution in [0.5, 0.6) is 0 Å². The van der Waals surface area contributed by atoms with Crippen molar-refractivity contribution in [3.05, 3.63) is 33.8 Å². The number of hydrogen-bond acceptors (Lipinski definition) is 3. The molecule has 0 spiro atoms. The Bertz CT molecular complexity index is 554. The number of nitrogens with zero attached hydrogens (tertiary/aromatic N) is 1.